The van der Waals surface area contributed by atoms with Crippen LogP contribution in [0.2, 0.25) is 0 Å². The van der Waals surface area contributed by atoms with Crippen molar-refractivity contribution < 1.29 is 13.2 Å². The number of carbonyl (C=O) groups excluding carboxylic acids is 1. The number of halogens is 1. The van der Waals surface area contributed by atoms with Crippen molar-refractivity contribution in [3.8, 4) is 0 Å². The van der Waals surface area contributed by atoms with E-state index in [2.05, 4.69) is 10.6 Å². The highest BCUT2D eigenvalue weighted by atomic mass is 35.5. The summed E-state index contributed by atoms with van der Waals surface area (Å²) in [7, 11) is -3.39. The van der Waals surface area contributed by atoms with E-state index in [1.54, 1.807) is 28.6 Å². The van der Waals surface area contributed by atoms with Crippen LogP contribution >= 0.6 is 12.4 Å². The third-order valence-electron chi connectivity index (χ3n) is 4.96. The zero-order chi connectivity index (χ0) is 17.7. The standard InChI is InChI=1S/C18H27N3O3S.ClH/c22-18(13-16-5-4-10-19-16)20-14-15-6-8-17(9-7-15)25(23,24)21-11-2-1-3-12-21;/h6-9,16,19H,1-5,10-14H2,(H,20,22);1H. The van der Waals surface area contributed by atoms with Crippen LogP contribution in [-0.2, 0) is 21.4 Å². The van der Waals surface area contributed by atoms with Crippen LogP contribution in [0.1, 0.15) is 44.1 Å². The fourth-order valence-electron chi connectivity index (χ4n) is 3.46. The number of nitrogens with zero attached hydrogens (tertiary/aromatic N) is 1. The van der Waals surface area contributed by atoms with Gasteiger partial charge in [0.25, 0.3) is 0 Å². The van der Waals surface area contributed by atoms with E-state index in [4.69, 9.17) is 0 Å². The highest BCUT2D eigenvalue weighted by molar-refractivity contribution is 7.89. The van der Waals surface area contributed by atoms with E-state index in [0.717, 1.165) is 44.2 Å². The Bertz CT molecular complexity index is 682. The van der Waals surface area contributed by atoms with E-state index in [9.17, 15) is 13.2 Å². The molecule has 1 unspecified atom stereocenters. The number of sulfonamides is 1. The lowest BCUT2D eigenvalue weighted by molar-refractivity contribution is -0.121. The smallest absolute Gasteiger partial charge is 0.243 e. The molecule has 1 atom stereocenters. The summed E-state index contributed by atoms with van der Waals surface area (Å²) in [6.45, 7) is 2.63. The second-order valence-corrected chi connectivity index (χ2v) is 8.82. The highest BCUT2D eigenvalue weighted by Gasteiger charge is 2.25. The molecule has 0 radical (unpaired) electrons. The molecule has 0 bridgehead atoms. The molecule has 26 heavy (non-hydrogen) atoms. The average Bonchev–Trinajstić information content (AvgIpc) is 3.14. The molecule has 2 heterocycles. The first-order valence-electron chi connectivity index (χ1n) is 9.15. The first-order chi connectivity index (χ1) is 12.1. The Hall–Kier alpha value is -1.15. The summed E-state index contributed by atoms with van der Waals surface area (Å²) in [6.07, 6.45) is 5.64. The van der Waals surface area contributed by atoms with Crippen molar-refractivity contribution in [2.45, 2.75) is 56.0 Å². The Morgan fingerprint density at radius 3 is 2.42 bits per heavy atom. The first kappa shape index (κ1) is 21.2. The number of carbonyl (C=O) groups is 1. The highest BCUT2D eigenvalue weighted by Crippen LogP contribution is 2.20. The monoisotopic (exact) mass is 401 g/mol. The Morgan fingerprint density at radius 1 is 1.12 bits per heavy atom. The topological polar surface area (TPSA) is 78.5 Å². The fraction of sp³-hybridized carbons (Fsp3) is 0.611. The minimum atomic E-state index is -3.39. The van der Waals surface area contributed by atoms with Crippen molar-refractivity contribution in [1.82, 2.24) is 14.9 Å². The van der Waals surface area contributed by atoms with E-state index in [1.807, 2.05) is 0 Å². The average molecular weight is 402 g/mol. The van der Waals surface area contributed by atoms with Gasteiger partial charge in [0, 0.05) is 32.1 Å². The van der Waals surface area contributed by atoms with Crippen molar-refractivity contribution in [1.29, 1.82) is 0 Å². The lowest BCUT2D eigenvalue weighted by Crippen LogP contribution is -2.35. The maximum absolute atomic E-state index is 12.6. The number of rotatable bonds is 6. The predicted molar refractivity (Wildman–Crippen MR) is 104 cm³/mol. The van der Waals surface area contributed by atoms with Gasteiger partial charge in [0.2, 0.25) is 15.9 Å². The molecule has 146 valence electrons. The molecule has 1 aromatic carbocycles. The summed E-state index contributed by atoms with van der Waals surface area (Å²) in [5.41, 5.74) is 0.908. The molecule has 2 aliphatic heterocycles. The molecular weight excluding hydrogens is 374 g/mol. The maximum Gasteiger partial charge on any atom is 0.243 e. The molecule has 2 saturated heterocycles. The number of piperidine rings is 1. The summed E-state index contributed by atoms with van der Waals surface area (Å²) < 4.78 is 26.8. The second kappa shape index (κ2) is 9.69. The summed E-state index contributed by atoms with van der Waals surface area (Å²) in [5.74, 6) is 0.0319. The van der Waals surface area contributed by atoms with E-state index in [1.165, 1.54) is 0 Å². The third kappa shape index (κ3) is 5.42. The Morgan fingerprint density at radius 2 is 1.81 bits per heavy atom. The lowest BCUT2D eigenvalue weighted by Gasteiger charge is -2.25. The Labute approximate surface area is 162 Å². The van der Waals surface area contributed by atoms with Gasteiger partial charge in [0.1, 0.15) is 0 Å². The van der Waals surface area contributed by atoms with Gasteiger partial charge in [-0.05, 0) is 49.9 Å². The zero-order valence-corrected chi connectivity index (χ0v) is 16.6. The molecule has 0 aromatic heterocycles. The van der Waals surface area contributed by atoms with Gasteiger partial charge in [-0.2, -0.15) is 4.31 Å². The molecule has 1 aromatic rings. The van der Waals surface area contributed by atoms with E-state index >= 15 is 0 Å². The molecule has 0 aliphatic carbocycles. The summed E-state index contributed by atoms with van der Waals surface area (Å²) in [6, 6.07) is 7.14. The number of benzene rings is 1. The molecule has 2 aliphatic rings. The Kier molecular flexibility index (Phi) is 7.88. The van der Waals surface area contributed by atoms with Crippen LogP contribution in [0.15, 0.2) is 29.2 Å². The number of hydrogen-bond acceptors (Lipinski definition) is 4. The molecule has 8 heteroatoms. The van der Waals surface area contributed by atoms with E-state index < -0.39 is 10.0 Å². The number of hydrogen-bond donors (Lipinski definition) is 2. The minimum Gasteiger partial charge on any atom is -0.352 e. The van der Waals surface area contributed by atoms with Gasteiger partial charge >= 0.3 is 0 Å². The van der Waals surface area contributed by atoms with Crippen LogP contribution in [0, 0.1) is 0 Å². The van der Waals surface area contributed by atoms with Crippen LogP contribution in [0.5, 0.6) is 0 Å². The number of amides is 1. The van der Waals surface area contributed by atoms with E-state index in [-0.39, 0.29) is 24.4 Å². The second-order valence-electron chi connectivity index (χ2n) is 6.88. The normalized spacial score (nSPS) is 21.2. The van der Waals surface area contributed by atoms with Gasteiger partial charge in [-0.15, -0.1) is 12.4 Å². The van der Waals surface area contributed by atoms with Crippen LogP contribution in [-0.4, -0.2) is 44.3 Å². The van der Waals surface area contributed by atoms with Gasteiger partial charge < -0.3 is 10.6 Å². The predicted octanol–water partition coefficient (Wildman–Crippen LogP) is 2.04. The van der Waals surface area contributed by atoms with Gasteiger partial charge in [-0.1, -0.05) is 18.6 Å². The van der Waals surface area contributed by atoms with Crippen molar-refractivity contribution in [3.63, 3.8) is 0 Å². The number of nitrogens with one attached hydrogen (secondary N) is 2. The van der Waals surface area contributed by atoms with Gasteiger partial charge in [0.05, 0.1) is 4.90 Å². The largest absolute Gasteiger partial charge is 0.352 e. The zero-order valence-electron chi connectivity index (χ0n) is 14.9. The third-order valence-corrected chi connectivity index (χ3v) is 6.87. The van der Waals surface area contributed by atoms with Crippen LogP contribution in [0.3, 0.4) is 0 Å². The SMILES string of the molecule is Cl.O=C(CC1CCCN1)NCc1ccc(S(=O)(=O)N2CCCCC2)cc1. The van der Waals surface area contributed by atoms with Crippen molar-refractivity contribution >= 4 is 28.3 Å². The molecule has 1 amide bonds. The van der Waals surface area contributed by atoms with Crippen LogP contribution < -0.4 is 10.6 Å². The van der Waals surface area contributed by atoms with Gasteiger partial charge in [-0.3, -0.25) is 4.79 Å². The van der Waals surface area contributed by atoms with Crippen molar-refractivity contribution in [3.05, 3.63) is 29.8 Å². The van der Waals surface area contributed by atoms with Crippen LogP contribution in [0.4, 0.5) is 0 Å². The Balaban J connectivity index is 0.00000243. The minimum absolute atomic E-state index is 0. The molecule has 2 N–H and O–H groups in total. The molecule has 2 fully saturated rings. The summed E-state index contributed by atoms with van der Waals surface area (Å²) in [5, 5.41) is 6.22. The summed E-state index contributed by atoms with van der Waals surface area (Å²) >= 11 is 0. The quantitative estimate of drug-likeness (QED) is 0.764. The molecule has 0 spiro atoms. The van der Waals surface area contributed by atoms with Crippen molar-refractivity contribution in [2.24, 2.45) is 0 Å². The fourth-order valence-corrected chi connectivity index (χ4v) is 4.98. The van der Waals surface area contributed by atoms with E-state index in [0.29, 0.717) is 31.0 Å². The summed E-state index contributed by atoms with van der Waals surface area (Å²) in [4.78, 5) is 12.3. The first-order valence-corrected chi connectivity index (χ1v) is 10.6. The van der Waals surface area contributed by atoms with Crippen molar-refractivity contribution in [2.75, 3.05) is 19.6 Å². The van der Waals surface area contributed by atoms with Gasteiger partial charge in [-0.25, -0.2) is 8.42 Å². The molecule has 6 nitrogen and oxygen atoms in total. The van der Waals surface area contributed by atoms with Gasteiger partial charge in [0.15, 0.2) is 0 Å². The molecule has 3 rings (SSSR count). The van der Waals surface area contributed by atoms with Crippen LogP contribution in [0.25, 0.3) is 0 Å². The lowest BCUT2D eigenvalue weighted by atomic mass is 10.1. The maximum atomic E-state index is 12.6. The molecule has 0 saturated carbocycles. The molecular formula is C18H28ClN3O3S.